The molecule has 0 N–H and O–H groups in total. The molecule has 0 saturated heterocycles. The number of rotatable bonds is 8. The molecule has 4 nitrogen and oxygen atoms in total. The molecule has 78 heavy (non-hydrogen) atoms. The number of hydrogen-bond donors (Lipinski definition) is 0. The summed E-state index contributed by atoms with van der Waals surface area (Å²) >= 11 is 0. The van der Waals surface area contributed by atoms with Gasteiger partial charge in [0.05, 0.1) is 44.5 Å². The van der Waals surface area contributed by atoms with Gasteiger partial charge in [-0.15, -0.1) is 0 Å². The molecule has 0 radical (unpaired) electrons. The van der Waals surface area contributed by atoms with E-state index in [9.17, 15) is 0 Å². The van der Waals surface area contributed by atoms with E-state index in [0.29, 0.717) is 0 Å². The second kappa shape index (κ2) is 16.5. The van der Waals surface area contributed by atoms with E-state index >= 15 is 0 Å². The predicted molar refractivity (Wildman–Crippen MR) is 331 cm³/mol. The third-order valence-corrected chi connectivity index (χ3v) is 16.7. The van der Waals surface area contributed by atoms with Crippen LogP contribution in [-0.2, 0) is 0 Å². The first-order valence-corrected chi connectivity index (χ1v) is 26.9. The van der Waals surface area contributed by atoms with Crippen LogP contribution in [0.25, 0.3) is 120 Å². The Labute approximate surface area is 449 Å². The maximum absolute atomic E-state index is 2.58. The Morgan fingerprint density at radius 2 is 0.590 bits per heavy atom. The number of nitrogens with zero attached hydrogens (tertiary/aromatic N) is 4. The highest BCUT2D eigenvalue weighted by Gasteiger charge is 2.30. The lowest BCUT2D eigenvalue weighted by atomic mass is 9.95. The molecule has 13 aromatic carbocycles. The maximum atomic E-state index is 2.58. The molecule has 0 unspecified atom stereocenters. The minimum absolute atomic E-state index is 1.11. The summed E-state index contributed by atoms with van der Waals surface area (Å²) < 4.78 is 5.17. The second-order valence-corrected chi connectivity index (χ2v) is 20.8. The van der Waals surface area contributed by atoms with E-state index in [1.807, 2.05) is 0 Å². The van der Waals surface area contributed by atoms with Crippen molar-refractivity contribution < 1.29 is 0 Å². The van der Waals surface area contributed by atoms with Gasteiger partial charge in [-0.05, 0) is 141 Å². The Morgan fingerprint density at radius 3 is 0.974 bits per heavy atom. The highest BCUT2D eigenvalue weighted by Crippen LogP contribution is 2.53. The van der Waals surface area contributed by atoms with Gasteiger partial charge >= 0.3 is 0 Å². The second-order valence-electron chi connectivity index (χ2n) is 20.8. The first-order chi connectivity index (χ1) is 38.7. The van der Waals surface area contributed by atoms with Crippen molar-refractivity contribution in [2.75, 3.05) is 9.80 Å². The summed E-state index contributed by atoms with van der Waals surface area (Å²) in [7, 11) is 0. The first kappa shape index (κ1) is 42.9. The van der Waals surface area contributed by atoms with Crippen molar-refractivity contribution in [3.63, 3.8) is 0 Å². The molecule has 0 saturated carbocycles. The average Bonchev–Trinajstić information content (AvgIpc) is 4.30. The molecule has 0 atom stereocenters. The van der Waals surface area contributed by atoms with E-state index in [2.05, 4.69) is 298 Å². The van der Waals surface area contributed by atoms with Crippen LogP contribution >= 0.6 is 0 Å². The zero-order valence-electron chi connectivity index (χ0n) is 42.3. The normalized spacial score (nSPS) is 12.1. The minimum atomic E-state index is 1.11. The van der Waals surface area contributed by atoms with Gasteiger partial charge in [0.2, 0.25) is 0 Å². The maximum Gasteiger partial charge on any atom is 0.0641 e. The first-order valence-electron chi connectivity index (χ1n) is 26.9. The Bertz CT molecular complexity index is 4790. The number of fused-ring (bicyclic) bond motifs is 14. The van der Waals surface area contributed by atoms with E-state index in [4.69, 9.17) is 0 Å². The molecule has 17 rings (SSSR count). The molecular weight excluding hydrogens is 945 g/mol. The molecule has 4 heteroatoms. The van der Waals surface area contributed by atoms with Crippen LogP contribution in [0, 0.1) is 0 Å². The molecule has 0 aliphatic carbocycles. The molecule has 0 spiro atoms. The molecule has 0 aliphatic heterocycles. The highest BCUT2D eigenvalue weighted by atomic mass is 15.2. The van der Waals surface area contributed by atoms with E-state index in [1.165, 1.54) is 120 Å². The van der Waals surface area contributed by atoms with Crippen molar-refractivity contribution in [3.05, 3.63) is 279 Å². The standard InChI is InChI=1S/C74H46N4/c1-5-23-53(24-6-1)75(54-25-7-2-8-26-54)65-41-39-59-61-45-68-62(46-67(61)77-63-33-17-31-57(69(63)71(65)73(59)77)51-37-35-47-19-13-15-21-49(47)43-51)60-40-42-66(76(55-27-9-3-10-28-55)56-29-11-4-12-30-56)72-70-58(32-18-34-64(70)78(68)74(60)72)52-38-36-48-20-14-16-22-50(48)44-52/h1-46H. The van der Waals surface area contributed by atoms with E-state index in [-0.39, 0.29) is 0 Å². The molecule has 4 aromatic heterocycles. The van der Waals surface area contributed by atoms with Gasteiger partial charge < -0.3 is 18.6 Å². The summed E-state index contributed by atoms with van der Waals surface area (Å²) in [5.74, 6) is 0. The van der Waals surface area contributed by atoms with Crippen molar-refractivity contribution in [3.8, 4) is 22.3 Å². The van der Waals surface area contributed by atoms with Gasteiger partial charge in [-0.1, -0.05) is 182 Å². The third kappa shape index (κ3) is 6.11. The van der Waals surface area contributed by atoms with Crippen molar-refractivity contribution in [1.29, 1.82) is 0 Å². The van der Waals surface area contributed by atoms with E-state index in [0.717, 1.165) is 34.1 Å². The van der Waals surface area contributed by atoms with Crippen LogP contribution in [0.4, 0.5) is 34.1 Å². The lowest BCUT2D eigenvalue weighted by molar-refractivity contribution is 1.30. The number of hydrogen-bond acceptors (Lipinski definition) is 2. The van der Waals surface area contributed by atoms with Gasteiger partial charge in [0.15, 0.2) is 0 Å². The summed E-state index contributed by atoms with van der Waals surface area (Å²) in [5.41, 5.74) is 18.8. The molecule has 0 bridgehead atoms. The summed E-state index contributed by atoms with van der Waals surface area (Å²) in [5, 5.41) is 14.8. The summed E-state index contributed by atoms with van der Waals surface area (Å²) in [6.45, 7) is 0. The number of para-hydroxylation sites is 4. The zero-order chi connectivity index (χ0) is 51.0. The smallest absolute Gasteiger partial charge is 0.0641 e. The summed E-state index contributed by atoms with van der Waals surface area (Å²) in [6, 6.07) is 103. The Balaban J connectivity index is 1.01. The van der Waals surface area contributed by atoms with Crippen LogP contribution < -0.4 is 9.80 Å². The minimum Gasteiger partial charge on any atom is -0.310 e. The van der Waals surface area contributed by atoms with Crippen LogP contribution in [0.5, 0.6) is 0 Å². The molecule has 4 heterocycles. The van der Waals surface area contributed by atoms with Crippen LogP contribution in [0.3, 0.4) is 0 Å². The lowest BCUT2D eigenvalue weighted by Gasteiger charge is -2.26. The molecule has 0 aliphatic rings. The summed E-state index contributed by atoms with van der Waals surface area (Å²) in [6.07, 6.45) is 0. The van der Waals surface area contributed by atoms with Crippen molar-refractivity contribution in [2.45, 2.75) is 0 Å². The Morgan fingerprint density at radius 1 is 0.231 bits per heavy atom. The quantitative estimate of drug-likeness (QED) is 0.151. The molecule has 362 valence electrons. The van der Waals surface area contributed by atoms with Gasteiger partial charge in [-0.3, -0.25) is 0 Å². The van der Waals surface area contributed by atoms with Crippen LogP contribution in [0.15, 0.2) is 279 Å². The van der Waals surface area contributed by atoms with Gasteiger partial charge in [-0.25, -0.2) is 0 Å². The zero-order valence-corrected chi connectivity index (χ0v) is 42.3. The fourth-order valence-corrected chi connectivity index (χ4v) is 13.4. The van der Waals surface area contributed by atoms with Gasteiger partial charge in [0.1, 0.15) is 0 Å². The molecular formula is C74H46N4. The number of aromatic nitrogens is 2. The van der Waals surface area contributed by atoms with Crippen LogP contribution in [0.2, 0.25) is 0 Å². The van der Waals surface area contributed by atoms with Crippen molar-refractivity contribution in [1.82, 2.24) is 8.80 Å². The molecule has 0 amide bonds. The monoisotopic (exact) mass is 990 g/mol. The Hall–Kier alpha value is -10.4. The number of benzene rings is 13. The van der Waals surface area contributed by atoms with Crippen LogP contribution in [0.1, 0.15) is 0 Å². The highest BCUT2D eigenvalue weighted by molar-refractivity contribution is 6.34. The van der Waals surface area contributed by atoms with Crippen LogP contribution in [-0.4, -0.2) is 8.80 Å². The largest absolute Gasteiger partial charge is 0.310 e. The van der Waals surface area contributed by atoms with Crippen molar-refractivity contribution >= 4 is 132 Å². The predicted octanol–water partition coefficient (Wildman–Crippen LogP) is 20.6. The number of anilines is 6. The summed E-state index contributed by atoms with van der Waals surface area (Å²) in [4.78, 5) is 4.89. The average molecular weight is 991 g/mol. The molecule has 17 aromatic rings. The Kier molecular flexibility index (Phi) is 9.09. The van der Waals surface area contributed by atoms with Gasteiger partial charge in [0.25, 0.3) is 0 Å². The fourth-order valence-electron chi connectivity index (χ4n) is 13.4. The van der Waals surface area contributed by atoms with E-state index in [1.54, 1.807) is 0 Å². The van der Waals surface area contributed by atoms with E-state index < -0.39 is 0 Å². The SMILES string of the molecule is c1ccc(N(c2ccccc2)c2ccc3c4cc5c(cc4n4c6cccc(-c7ccc8ccccc8c7)c6c2c34)c2ccc(N(c3ccccc3)c3ccccc3)c3c4c(-c6ccc7ccccc7c6)cccc4n5c23)cc1. The molecule has 0 fully saturated rings. The lowest BCUT2D eigenvalue weighted by Crippen LogP contribution is -2.10. The van der Waals surface area contributed by atoms with Gasteiger partial charge in [0, 0.05) is 65.8 Å². The third-order valence-electron chi connectivity index (χ3n) is 16.7. The van der Waals surface area contributed by atoms with Crippen molar-refractivity contribution in [2.24, 2.45) is 0 Å². The topological polar surface area (TPSA) is 15.3 Å². The van der Waals surface area contributed by atoms with Gasteiger partial charge in [-0.2, -0.15) is 0 Å². The fraction of sp³-hybridized carbons (Fsp3) is 0.